The van der Waals surface area contributed by atoms with Gasteiger partial charge in [0, 0.05) is 18.9 Å². The Morgan fingerprint density at radius 1 is 1.20 bits per heavy atom. The maximum Gasteiger partial charge on any atom is 0.329 e. The van der Waals surface area contributed by atoms with Crippen LogP contribution in [0.25, 0.3) is 11.0 Å². The van der Waals surface area contributed by atoms with Crippen LogP contribution in [-0.2, 0) is 19.9 Å². The molecule has 0 spiro atoms. The van der Waals surface area contributed by atoms with Crippen LogP contribution in [0.2, 0.25) is 0 Å². The molecule has 1 amide bonds. The third-order valence-electron chi connectivity index (χ3n) is 4.57. The minimum atomic E-state index is -0.558. The molecule has 0 saturated carbocycles. The number of nitrogens with zero attached hydrogens (tertiary/aromatic N) is 2. The van der Waals surface area contributed by atoms with Gasteiger partial charge in [0.05, 0.1) is 10.9 Å². The smallest absolute Gasteiger partial charge is 0.322 e. The summed E-state index contributed by atoms with van der Waals surface area (Å²) < 4.78 is 1.24. The summed E-state index contributed by atoms with van der Waals surface area (Å²) in [7, 11) is 1.51. The average Bonchev–Trinajstić information content (AvgIpc) is 3.07. The first-order chi connectivity index (χ1) is 12.0. The first-order valence-electron chi connectivity index (χ1n) is 8.05. The van der Waals surface area contributed by atoms with E-state index >= 15 is 0 Å². The fourth-order valence-electron chi connectivity index (χ4n) is 3.21. The zero-order chi connectivity index (χ0) is 17.6. The first-order valence-corrected chi connectivity index (χ1v) is 8.05. The minimum Gasteiger partial charge on any atom is -0.322 e. The maximum atomic E-state index is 12.5. The van der Waals surface area contributed by atoms with Crippen LogP contribution in [0.15, 0.2) is 40.1 Å². The molecule has 0 fully saturated rings. The summed E-state index contributed by atoms with van der Waals surface area (Å²) in [5, 5.41) is 3.04. The van der Waals surface area contributed by atoms with Crippen molar-refractivity contribution in [2.75, 3.05) is 5.32 Å². The lowest BCUT2D eigenvalue weighted by atomic mass is 10.1. The summed E-state index contributed by atoms with van der Waals surface area (Å²) in [5.74, 6) is -0.347. The summed E-state index contributed by atoms with van der Waals surface area (Å²) in [5.41, 5.74) is 2.72. The van der Waals surface area contributed by atoms with E-state index in [1.807, 2.05) is 18.2 Å². The highest BCUT2D eigenvalue weighted by Crippen LogP contribution is 2.25. The van der Waals surface area contributed by atoms with E-state index in [4.69, 9.17) is 0 Å². The fraction of sp³-hybridized carbons (Fsp3) is 0.222. The number of aryl methyl sites for hydroxylation is 3. The van der Waals surface area contributed by atoms with Crippen LogP contribution in [0.5, 0.6) is 0 Å². The molecular weight excluding hydrogens is 320 g/mol. The number of hydrogen-bond donors (Lipinski definition) is 2. The molecule has 1 aliphatic rings. The van der Waals surface area contributed by atoms with Gasteiger partial charge in [-0.3, -0.25) is 19.1 Å². The van der Waals surface area contributed by atoms with Gasteiger partial charge in [0.25, 0.3) is 11.5 Å². The van der Waals surface area contributed by atoms with Gasteiger partial charge in [-0.05, 0) is 48.6 Å². The SMILES string of the molecule is Cn1c(=O)[nH]c(=O)c2cc(C(=O)Nc3ccc4c(c3)CCC4)cnc21. The van der Waals surface area contributed by atoms with E-state index in [1.54, 1.807) is 0 Å². The van der Waals surface area contributed by atoms with Gasteiger partial charge in [0.15, 0.2) is 0 Å². The number of benzene rings is 1. The molecule has 0 radical (unpaired) electrons. The molecule has 25 heavy (non-hydrogen) atoms. The summed E-state index contributed by atoms with van der Waals surface area (Å²) >= 11 is 0. The van der Waals surface area contributed by atoms with E-state index in [0.717, 1.165) is 24.9 Å². The molecule has 3 aromatic rings. The number of rotatable bonds is 2. The number of nitrogens with one attached hydrogen (secondary N) is 2. The van der Waals surface area contributed by atoms with Gasteiger partial charge in [-0.2, -0.15) is 0 Å². The predicted molar refractivity (Wildman–Crippen MR) is 94.0 cm³/mol. The molecule has 0 aliphatic heterocycles. The highest BCUT2D eigenvalue weighted by molar-refractivity contribution is 6.05. The van der Waals surface area contributed by atoms with Crippen LogP contribution >= 0.6 is 0 Å². The van der Waals surface area contributed by atoms with E-state index < -0.39 is 11.2 Å². The van der Waals surface area contributed by atoms with Crippen molar-refractivity contribution in [3.63, 3.8) is 0 Å². The normalized spacial score (nSPS) is 13.0. The molecule has 2 aromatic heterocycles. The van der Waals surface area contributed by atoms with Gasteiger partial charge in [0.1, 0.15) is 5.65 Å². The number of anilines is 1. The highest BCUT2D eigenvalue weighted by Gasteiger charge is 2.14. The molecule has 0 bridgehead atoms. The Hall–Kier alpha value is -3.22. The van der Waals surface area contributed by atoms with E-state index in [1.165, 1.54) is 35.0 Å². The third kappa shape index (κ3) is 2.63. The number of aromatic amines is 1. The lowest BCUT2D eigenvalue weighted by Crippen LogP contribution is -2.29. The number of carbonyl (C=O) groups is 1. The quantitative estimate of drug-likeness (QED) is 0.738. The summed E-state index contributed by atoms with van der Waals surface area (Å²) in [6.45, 7) is 0. The average molecular weight is 336 g/mol. The lowest BCUT2D eigenvalue weighted by Gasteiger charge is -2.08. The van der Waals surface area contributed by atoms with Crippen molar-refractivity contribution in [3.8, 4) is 0 Å². The molecule has 7 heteroatoms. The Kier molecular flexibility index (Phi) is 3.49. The molecule has 1 aromatic carbocycles. The number of H-pyrrole nitrogens is 1. The molecule has 2 heterocycles. The molecule has 0 unspecified atom stereocenters. The van der Waals surface area contributed by atoms with Crippen molar-refractivity contribution in [2.24, 2.45) is 7.05 Å². The Bertz CT molecular complexity index is 1130. The van der Waals surface area contributed by atoms with Gasteiger partial charge in [-0.1, -0.05) is 6.07 Å². The number of amides is 1. The van der Waals surface area contributed by atoms with Crippen LogP contribution in [0.3, 0.4) is 0 Å². The zero-order valence-corrected chi connectivity index (χ0v) is 13.6. The number of fused-ring (bicyclic) bond motifs is 2. The summed E-state index contributed by atoms with van der Waals surface area (Å²) in [6.07, 6.45) is 4.62. The number of aromatic nitrogens is 3. The van der Waals surface area contributed by atoms with Gasteiger partial charge in [-0.15, -0.1) is 0 Å². The molecule has 0 atom stereocenters. The van der Waals surface area contributed by atoms with E-state index in [-0.39, 0.29) is 22.5 Å². The second-order valence-electron chi connectivity index (χ2n) is 6.20. The summed E-state index contributed by atoms with van der Waals surface area (Å²) in [6, 6.07) is 7.36. The first kappa shape index (κ1) is 15.3. The van der Waals surface area contributed by atoms with Crippen molar-refractivity contribution in [1.29, 1.82) is 0 Å². The van der Waals surface area contributed by atoms with E-state index in [2.05, 4.69) is 15.3 Å². The fourth-order valence-corrected chi connectivity index (χ4v) is 3.21. The monoisotopic (exact) mass is 336 g/mol. The number of hydrogen-bond acceptors (Lipinski definition) is 4. The number of carbonyl (C=O) groups excluding carboxylic acids is 1. The molecule has 2 N–H and O–H groups in total. The summed E-state index contributed by atoms with van der Waals surface area (Å²) in [4.78, 5) is 42.4. The largest absolute Gasteiger partial charge is 0.329 e. The van der Waals surface area contributed by atoms with Crippen LogP contribution < -0.4 is 16.6 Å². The van der Waals surface area contributed by atoms with Crippen LogP contribution in [-0.4, -0.2) is 20.4 Å². The standard InChI is InChI=1S/C18H16N4O3/c1-22-15-14(17(24)21-18(22)25)8-12(9-19-15)16(23)20-13-6-5-10-3-2-4-11(10)7-13/h5-9H,2-4H2,1H3,(H,20,23)(H,21,24,25). The predicted octanol–water partition coefficient (Wildman–Crippen LogP) is 1.36. The molecule has 7 nitrogen and oxygen atoms in total. The van der Waals surface area contributed by atoms with Crippen LogP contribution in [0.4, 0.5) is 5.69 Å². The Balaban J connectivity index is 1.68. The van der Waals surface area contributed by atoms with Crippen LogP contribution in [0, 0.1) is 0 Å². The molecule has 4 rings (SSSR count). The second-order valence-corrected chi connectivity index (χ2v) is 6.20. The van der Waals surface area contributed by atoms with Gasteiger partial charge in [-0.25, -0.2) is 9.78 Å². The van der Waals surface area contributed by atoms with Crippen molar-refractivity contribution in [2.45, 2.75) is 19.3 Å². The van der Waals surface area contributed by atoms with E-state index in [0.29, 0.717) is 0 Å². The molecule has 126 valence electrons. The maximum absolute atomic E-state index is 12.5. The highest BCUT2D eigenvalue weighted by atomic mass is 16.2. The molecule has 1 aliphatic carbocycles. The number of pyridine rings is 1. The topological polar surface area (TPSA) is 96.9 Å². The molecule has 0 saturated heterocycles. The minimum absolute atomic E-state index is 0.198. The van der Waals surface area contributed by atoms with E-state index in [9.17, 15) is 14.4 Å². The Labute approximate surface area is 142 Å². The van der Waals surface area contributed by atoms with Gasteiger partial charge in [0.2, 0.25) is 0 Å². The lowest BCUT2D eigenvalue weighted by molar-refractivity contribution is 0.102. The van der Waals surface area contributed by atoms with Crippen molar-refractivity contribution >= 4 is 22.6 Å². The third-order valence-corrected chi connectivity index (χ3v) is 4.57. The zero-order valence-electron chi connectivity index (χ0n) is 13.6. The molecular formula is C18H16N4O3. The van der Waals surface area contributed by atoms with Gasteiger partial charge >= 0.3 is 5.69 Å². The van der Waals surface area contributed by atoms with Crippen molar-refractivity contribution in [3.05, 3.63) is 68.0 Å². The van der Waals surface area contributed by atoms with Crippen LogP contribution in [0.1, 0.15) is 27.9 Å². The van der Waals surface area contributed by atoms with Crippen molar-refractivity contribution < 1.29 is 4.79 Å². The second kappa shape index (κ2) is 5.70. The Morgan fingerprint density at radius 3 is 2.84 bits per heavy atom. The Morgan fingerprint density at radius 2 is 2.00 bits per heavy atom. The van der Waals surface area contributed by atoms with Gasteiger partial charge < -0.3 is 5.32 Å². The van der Waals surface area contributed by atoms with Crippen molar-refractivity contribution in [1.82, 2.24) is 14.5 Å².